The van der Waals surface area contributed by atoms with Gasteiger partial charge in [-0.1, -0.05) is 31.5 Å². The number of para-hydroxylation sites is 1. The fourth-order valence-electron chi connectivity index (χ4n) is 1.09. The van der Waals surface area contributed by atoms with E-state index < -0.39 is 0 Å². The van der Waals surface area contributed by atoms with Crippen LogP contribution >= 0.6 is 12.4 Å². The van der Waals surface area contributed by atoms with Crippen LogP contribution in [0.5, 0.6) is 5.75 Å². The smallest absolute Gasteiger partial charge is 0.118 e. The number of phenols is 1. The standard InChI is InChI=1S/C10H14O.ClH/c1-2-3-6-9-7-4-5-8-10(9)11;/h4-5,7-8,11H,2-3,6H2,1H3;1H. The predicted octanol–water partition coefficient (Wildman–Crippen LogP) is 3.16. The molecule has 12 heavy (non-hydrogen) atoms. The van der Waals surface area contributed by atoms with Crippen LogP contribution in [0.15, 0.2) is 24.3 Å². The Balaban J connectivity index is 0.00000121. The molecule has 1 rings (SSSR count). The molecule has 0 aliphatic rings. The van der Waals surface area contributed by atoms with E-state index in [2.05, 4.69) is 6.92 Å². The van der Waals surface area contributed by atoms with Crippen molar-refractivity contribution >= 4 is 12.4 Å². The lowest BCUT2D eigenvalue weighted by Gasteiger charge is -2.01. The van der Waals surface area contributed by atoms with E-state index in [0.717, 1.165) is 18.4 Å². The van der Waals surface area contributed by atoms with Crippen molar-refractivity contribution in [2.75, 3.05) is 0 Å². The Bertz CT molecular complexity index is 223. The summed E-state index contributed by atoms with van der Waals surface area (Å²) in [7, 11) is 0. The van der Waals surface area contributed by atoms with Gasteiger partial charge in [0.1, 0.15) is 5.75 Å². The van der Waals surface area contributed by atoms with Crippen LogP contribution < -0.4 is 0 Å². The second kappa shape index (κ2) is 5.90. The molecule has 0 saturated heterocycles. The zero-order valence-electron chi connectivity index (χ0n) is 7.29. The zero-order chi connectivity index (χ0) is 8.10. The molecule has 0 aromatic heterocycles. The van der Waals surface area contributed by atoms with Gasteiger partial charge >= 0.3 is 0 Å². The van der Waals surface area contributed by atoms with Gasteiger partial charge in [0.2, 0.25) is 0 Å². The van der Waals surface area contributed by atoms with Gasteiger partial charge in [0.15, 0.2) is 0 Å². The molecule has 0 amide bonds. The molecule has 0 aliphatic heterocycles. The predicted molar refractivity (Wildman–Crippen MR) is 54.0 cm³/mol. The van der Waals surface area contributed by atoms with Gasteiger partial charge in [0.25, 0.3) is 0 Å². The number of unbranched alkanes of at least 4 members (excludes halogenated alkanes) is 1. The normalized spacial score (nSPS) is 9.08. The number of aryl methyl sites for hydroxylation is 1. The van der Waals surface area contributed by atoms with Crippen LogP contribution in [0.25, 0.3) is 0 Å². The van der Waals surface area contributed by atoms with Crippen LogP contribution in [0.4, 0.5) is 0 Å². The first kappa shape index (κ1) is 11.3. The monoisotopic (exact) mass is 186 g/mol. The maximum absolute atomic E-state index is 9.34. The van der Waals surface area contributed by atoms with Crippen LogP contribution in [0.2, 0.25) is 0 Å². The minimum absolute atomic E-state index is 0. The lowest BCUT2D eigenvalue weighted by Crippen LogP contribution is -1.83. The Hall–Kier alpha value is -0.690. The number of benzene rings is 1. The fraction of sp³-hybridized carbons (Fsp3) is 0.400. The number of hydrogen-bond donors (Lipinski definition) is 1. The molecule has 0 heterocycles. The minimum atomic E-state index is 0. The fourth-order valence-corrected chi connectivity index (χ4v) is 1.09. The highest BCUT2D eigenvalue weighted by atomic mass is 35.5. The van der Waals surface area contributed by atoms with Gasteiger partial charge in [0, 0.05) is 0 Å². The maximum Gasteiger partial charge on any atom is 0.118 e. The highest BCUT2D eigenvalue weighted by Gasteiger charge is 1.96. The van der Waals surface area contributed by atoms with E-state index in [1.54, 1.807) is 6.07 Å². The number of aromatic hydroxyl groups is 1. The highest BCUT2D eigenvalue weighted by molar-refractivity contribution is 5.85. The minimum Gasteiger partial charge on any atom is -0.508 e. The Labute approximate surface area is 79.8 Å². The molecule has 0 unspecified atom stereocenters. The summed E-state index contributed by atoms with van der Waals surface area (Å²) in [5.41, 5.74) is 1.06. The van der Waals surface area contributed by atoms with Crippen molar-refractivity contribution in [1.82, 2.24) is 0 Å². The van der Waals surface area contributed by atoms with E-state index >= 15 is 0 Å². The summed E-state index contributed by atoms with van der Waals surface area (Å²) in [5, 5.41) is 9.34. The molecule has 1 aromatic carbocycles. The quantitative estimate of drug-likeness (QED) is 0.769. The summed E-state index contributed by atoms with van der Waals surface area (Å²) < 4.78 is 0. The van der Waals surface area contributed by atoms with Gasteiger partial charge in [-0.15, -0.1) is 12.4 Å². The van der Waals surface area contributed by atoms with Gasteiger partial charge in [-0.05, 0) is 24.5 Å². The summed E-state index contributed by atoms with van der Waals surface area (Å²) in [4.78, 5) is 0. The van der Waals surface area contributed by atoms with E-state index in [9.17, 15) is 5.11 Å². The third-order valence-corrected chi connectivity index (χ3v) is 1.79. The van der Waals surface area contributed by atoms with Gasteiger partial charge in [-0.25, -0.2) is 0 Å². The summed E-state index contributed by atoms with van der Waals surface area (Å²) >= 11 is 0. The number of rotatable bonds is 3. The van der Waals surface area contributed by atoms with Crippen LogP contribution in [0.1, 0.15) is 25.3 Å². The van der Waals surface area contributed by atoms with Gasteiger partial charge in [0.05, 0.1) is 0 Å². The van der Waals surface area contributed by atoms with Crippen LogP contribution in [-0.4, -0.2) is 5.11 Å². The van der Waals surface area contributed by atoms with Crippen molar-refractivity contribution in [2.45, 2.75) is 26.2 Å². The van der Waals surface area contributed by atoms with Crippen molar-refractivity contribution in [3.05, 3.63) is 29.8 Å². The molecule has 1 nitrogen and oxygen atoms in total. The van der Waals surface area contributed by atoms with E-state index in [1.165, 1.54) is 6.42 Å². The molecular weight excluding hydrogens is 172 g/mol. The first-order valence-electron chi connectivity index (χ1n) is 4.11. The van der Waals surface area contributed by atoms with E-state index in [0.29, 0.717) is 5.75 Å². The summed E-state index contributed by atoms with van der Waals surface area (Å²) in [6, 6.07) is 7.53. The van der Waals surface area contributed by atoms with Crippen LogP contribution in [0.3, 0.4) is 0 Å². The van der Waals surface area contributed by atoms with Crippen molar-refractivity contribution in [2.24, 2.45) is 0 Å². The number of phenolic OH excluding ortho intramolecular Hbond substituents is 1. The van der Waals surface area contributed by atoms with Gasteiger partial charge < -0.3 is 5.11 Å². The molecule has 2 heteroatoms. The van der Waals surface area contributed by atoms with Crippen molar-refractivity contribution < 1.29 is 5.11 Å². The second-order valence-electron chi connectivity index (χ2n) is 2.73. The Kier molecular flexibility index (Phi) is 5.56. The molecule has 0 radical (unpaired) electrons. The summed E-state index contributed by atoms with van der Waals surface area (Å²) in [5.74, 6) is 0.431. The van der Waals surface area contributed by atoms with E-state index in [-0.39, 0.29) is 12.4 Å². The highest BCUT2D eigenvalue weighted by Crippen LogP contribution is 2.17. The first-order chi connectivity index (χ1) is 5.34. The Morgan fingerprint density at radius 2 is 1.92 bits per heavy atom. The summed E-state index contributed by atoms with van der Waals surface area (Å²) in [6.07, 6.45) is 3.31. The van der Waals surface area contributed by atoms with E-state index in [1.807, 2.05) is 18.2 Å². The zero-order valence-corrected chi connectivity index (χ0v) is 8.10. The second-order valence-corrected chi connectivity index (χ2v) is 2.73. The molecule has 0 spiro atoms. The van der Waals surface area contributed by atoms with E-state index in [4.69, 9.17) is 0 Å². The molecular formula is C10H15ClO. The largest absolute Gasteiger partial charge is 0.508 e. The Morgan fingerprint density at radius 3 is 2.50 bits per heavy atom. The topological polar surface area (TPSA) is 20.2 Å². The van der Waals surface area contributed by atoms with Crippen molar-refractivity contribution in [1.29, 1.82) is 0 Å². The average molecular weight is 187 g/mol. The molecule has 68 valence electrons. The van der Waals surface area contributed by atoms with Crippen LogP contribution in [-0.2, 0) is 6.42 Å². The third kappa shape index (κ3) is 3.14. The summed E-state index contributed by atoms with van der Waals surface area (Å²) in [6.45, 7) is 2.15. The average Bonchev–Trinajstić information content (AvgIpc) is 2.03. The van der Waals surface area contributed by atoms with Gasteiger partial charge in [-0.3, -0.25) is 0 Å². The molecule has 0 aliphatic carbocycles. The molecule has 0 bridgehead atoms. The third-order valence-electron chi connectivity index (χ3n) is 1.79. The van der Waals surface area contributed by atoms with Crippen molar-refractivity contribution in [3.63, 3.8) is 0 Å². The molecule has 0 saturated carbocycles. The SMILES string of the molecule is CCCCc1ccccc1O.Cl. The number of halogens is 1. The lowest BCUT2D eigenvalue weighted by atomic mass is 10.1. The first-order valence-corrected chi connectivity index (χ1v) is 4.11. The molecule has 1 N–H and O–H groups in total. The Morgan fingerprint density at radius 1 is 1.25 bits per heavy atom. The lowest BCUT2D eigenvalue weighted by molar-refractivity contribution is 0.467. The van der Waals surface area contributed by atoms with Gasteiger partial charge in [-0.2, -0.15) is 0 Å². The molecule has 1 aromatic rings. The van der Waals surface area contributed by atoms with Crippen molar-refractivity contribution in [3.8, 4) is 5.75 Å². The molecule has 0 atom stereocenters. The maximum atomic E-state index is 9.34. The van der Waals surface area contributed by atoms with Crippen LogP contribution in [0, 0.1) is 0 Å². The molecule has 0 fully saturated rings. The number of hydrogen-bond acceptors (Lipinski definition) is 1.